The Labute approximate surface area is 189 Å². The molecule has 1 aromatic carbocycles. The largest absolute Gasteiger partial charge is 0.373 e. The highest BCUT2D eigenvalue weighted by atomic mass is 19.1. The summed E-state index contributed by atoms with van der Waals surface area (Å²) in [4.78, 5) is 13.9. The van der Waals surface area contributed by atoms with Gasteiger partial charge in [-0.05, 0) is 50.8 Å². The topological polar surface area (TPSA) is 65.7 Å². The van der Waals surface area contributed by atoms with Crippen molar-refractivity contribution in [3.63, 3.8) is 0 Å². The number of hydrogen-bond donors (Lipinski definition) is 0. The predicted molar refractivity (Wildman–Crippen MR) is 119 cm³/mol. The summed E-state index contributed by atoms with van der Waals surface area (Å²) >= 11 is 0. The van der Waals surface area contributed by atoms with E-state index in [0.29, 0.717) is 29.4 Å². The number of fused-ring (bicyclic) bond motifs is 1. The van der Waals surface area contributed by atoms with Crippen molar-refractivity contribution in [2.45, 2.75) is 50.7 Å². The van der Waals surface area contributed by atoms with E-state index >= 15 is 0 Å². The fourth-order valence-electron chi connectivity index (χ4n) is 4.57. The number of hydrogen-bond acceptors (Lipinski definition) is 5. The number of aryl methyl sites for hydroxylation is 1. The van der Waals surface area contributed by atoms with Gasteiger partial charge in [-0.1, -0.05) is 0 Å². The summed E-state index contributed by atoms with van der Waals surface area (Å²) in [5.41, 5.74) is 4.43. The van der Waals surface area contributed by atoms with Gasteiger partial charge in [-0.3, -0.25) is 9.67 Å². The van der Waals surface area contributed by atoms with E-state index in [0.717, 1.165) is 35.9 Å². The monoisotopic (exact) mass is 447 g/mol. The molecule has 0 radical (unpaired) electrons. The third-order valence-electron chi connectivity index (χ3n) is 6.47. The Hall–Kier alpha value is -3.26. The van der Waals surface area contributed by atoms with E-state index in [4.69, 9.17) is 9.72 Å². The molecule has 4 aromatic rings. The quantitative estimate of drug-likeness (QED) is 0.417. The number of nitrogens with zero attached hydrogens (tertiary/aromatic N) is 5. The van der Waals surface area contributed by atoms with Crippen LogP contribution in [-0.4, -0.2) is 31.3 Å². The second-order valence-corrected chi connectivity index (χ2v) is 8.96. The van der Waals surface area contributed by atoms with Gasteiger partial charge >= 0.3 is 0 Å². The molecule has 1 saturated carbocycles. The highest BCUT2D eigenvalue weighted by Crippen LogP contribution is 2.40. The average molecular weight is 447 g/mol. The lowest BCUT2D eigenvalue weighted by molar-refractivity contribution is 0.00462. The fourth-order valence-corrected chi connectivity index (χ4v) is 4.57. The molecular weight excluding hydrogens is 424 g/mol. The standard InChI is InChI=1S/C25H23F2N5O/c1-14-11-28-25-22(30-14)10-21(31-24(25)19-5-2-17(26)9-20(19)27)15-6-7-33-23(8-15)16-12-29-32(13-16)18-3-4-18/h2,5,9-13,15,18,23H,3-4,6-8H2,1H3/t15-,23+/m0/s1. The molecule has 0 bridgehead atoms. The molecule has 1 saturated heterocycles. The average Bonchev–Trinajstić information content (AvgIpc) is 3.54. The summed E-state index contributed by atoms with van der Waals surface area (Å²) in [5.74, 6) is -1.18. The van der Waals surface area contributed by atoms with Crippen LogP contribution in [0.1, 0.15) is 60.7 Å². The van der Waals surface area contributed by atoms with Gasteiger partial charge in [0.2, 0.25) is 0 Å². The maximum absolute atomic E-state index is 14.7. The van der Waals surface area contributed by atoms with E-state index < -0.39 is 11.6 Å². The lowest BCUT2D eigenvalue weighted by Gasteiger charge is -2.29. The molecule has 0 amide bonds. The molecule has 168 valence electrons. The molecule has 4 heterocycles. The third-order valence-corrected chi connectivity index (χ3v) is 6.47. The van der Waals surface area contributed by atoms with Crippen LogP contribution in [0.2, 0.25) is 0 Å². The number of rotatable bonds is 4. The van der Waals surface area contributed by atoms with Crippen LogP contribution in [0.25, 0.3) is 22.3 Å². The van der Waals surface area contributed by atoms with Crippen LogP contribution >= 0.6 is 0 Å². The first-order valence-corrected chi connectivity index (χ1v) is 11.3. The minimum Gasteiger partial charge on any atom is -0.373 e. The Kier molecular flexibility index (Phi) is 4.90. The highest BCUT2D eigenvalue weighted by Gasteiger charge is 2.30. The van der Waals surface area contributed by atoms with Crippen LogP contribution in [0.3, 0.4) is 0 Å². The van der Waals surface area contributed by atoms with Crippen LogP contribution < -0.4 is 0 Å². The van der Waals surface area contributed by atoms with Crippen molar-refractivity contribution in [3.05, 3.63) is 71.4 Å². The minimum absolute atomic E-state index is 0.0663. The van der Waals surface area contributed by atoms with E-state index in [1.807, 2.05) is 23.9 Å². The van der Waals surface area contributed by atoms with Gasteiger partial charge in [0.05, 0.1) is 29.6 Å². The predicted octanol–water partition coefficient (Wildman–Crippen LogP) is 5.45. The van der Waals surface area contributed by atoms with E-state index in [-0.39, 0.29) is 17.6 Å². The molecule has 1 aliphatic heterocycles. The number of halogens is 2. The second-order valence-electron chi connectivity index (χ2n) is 8.96. The van der Waals surface area contributed by atoms with Gasteiger partial charge in [-0.2, -0.15) is 5.10 Å². The van der Waals surface area contributed by atoms with Crippen LogP contribution in [-0.2, 0) is 4.74 Å². The Morgan fingerprint density at radius 2 is 1.94 bits per heavy atom. The molecule has 0 spiro atoms. The first-order chi connectivity index (χ1) is 16.0. The van der Waals surface area contributed by atoms with Crippen molar-refractivity contribution >= 4 is 11.0 Å². The Balaban J connectivity index is 1.39. The van der Waals surface area contributed by atoms with Crippen molar-refractivity contribution in [2.24, 2.45) is 0 Å². The third kappa shape index (κ3) is 3.88. The van der Waals surface area contributed by atoms with Crippen molar-refractivity contribution in [2.75, 3.05) is 6.61 Å². The number of ether oxygens (including phenoxy) is 1. The zero-order valence-electron chi connectivity index (χ0n) is 18.2. The Morgan fingerprint density at radius 1 is 1.06 bits per heavy atom. The lowest BCUT2D eigenvalue weighted by atomic mass is 9.89. The molecule has 2 fully saturated rings. The summed E-state index contributed by atoms with van der Waals surface area (Å²) < 4.78 is 36.4. The summed E-state index contributed by atoms with van der Waals surface area (Å²) in [6.45, 7) is 2.47. The molecule has 0 N–H and O–H groups in total. The van der Waals surface area contributed by atoms with Gasteiger partial charge in [-0.25, -0.2) is 18.7 Å². The maximum atomic E-state index is 14.7. The van der Waals surface area contributed by atoms with Crippen LogP contribution in [0.4, 0.5) is 8.78 Å². The molecule has 6 rings (SSSR count). The molecule has 0 unspecified atom stereocenters. The fraction of sp³-hybridized carbons (Fsp3) is 0.360. The number of benzene rings is 1. The molecule has 2 aliphatic rings. The van der Waals surface area contributed by atoms with Gasteiger partial charge in [-0.15, -0.1) is 0 Å². The summed E-state index contributed by atoms with van der Waals surface area (Å²) in [6.07, 6.45) is 9.47. The van der Waals surface area contributed by atoms with Gasteiger partial charge in [0, 0.05) is 47.8 Å². The smallest absolute Gasteiger partial charge is 0.135 e. The summed E-state index contributed by atoms with van der Waals surface area (Å²) in [6, 6.07) is 5.99. The Bertz CT molecular complexity index is 1350. The zero-order chi connectivity index (χ0) is 22.5. The highest BCUT2D eigenvalue weighted by molar-refractivity contribution is 5.89. The van der Waals surface area contributed by atoms with Crippen LogP contribution in [0.15, 0.2) is 42.9 Å². The van der Waals surface area contributed by atoms with Crippen molar-refractivity contribution < 1.29 is 13.5 Å². The van der Waals surface area contributed by atoms with E-state index in [1.165, 1.54) is 25.0 Å². The zero-order valence-corrected chi connectivity index (χ0v) is 18.2. The van der Waals surface area contributed by atoms with E-state index in [9.17, 15) is 8.78 Å². The lowest BCUT2D eigenvalue weighted by Crippen LogP contribution is -2.19. The van der Waals surface area contributed by atoms with Gasteiger partial charge in [0.15, 0.2) is 0 Å². The van der Waals surface area contributed by atoms with Gasteiger partial charge in [0.25, 0.3) is 0 Å². The van der Waals surface area contributed by atoms with Gasteiger partial charge < -0.3 is 4.74 Å². The first-order valence-electron chi connectivity index (χ1n) is 11.3. The summed E-state index contributed by atoms with van der Waals surface area (Å²) in [7, 11) is 0. The minimum atomic E-state index is -0.666. The number of pyridine rings is 1. The van der Waals surface area contributed by atoms with Crippen molar-refractivity contribution in [1.29, 1.82) is 0 Å². The normalized spacial score (nSPS) is 20.9. The SMILES string of the molecule is Cc1cnc2c(-c3ccc(F)cc3F)nc([C@H]3CCO[C@@H](c4cnn(C5CC5)c4)C3)cc2n1. The first kappa shape index (κ1) is 20.4. The summed E-state index contributed by atoms with van der Waals surface area (Å²) in [5, 5.41) is 4.50. The van der Waals surface area contributed by atoms with Crippen LogP contribution in [0.5, 0.6) is 0 Å². The second kappa shape index (κ2) is 7.95. The van der Waals surface area contributed by atoms with Crippen molar-refractivity contribution in [3.8, 4) is 11.3 Å². The molecule has 3 aromatic heterocycles. The molecule has 8 heteroatoms. The molecule has 1 aliphatic carbocycles. The van der Waals surface area contributed by atoms with Gasteiger partial charge in [0.1, 0.15) is 22.8 Å². The Morgan fingerprint density at radius 3 is 2.76 bits per heavy atom. The molecule has 33 heavy (non-hydrogen) atoms. The van der Waals surface area contributed by atoms with Crippen molar-refractivity contribution in [1.82, 2.24) is 24.7 Å². The van der Waals surface area contributed by atoms with Crippen LogP contribution in [0, 0.1) is 18.6 Å². The molecule has 6 nitrogen and oxygen atoms in total. The number of aromatic nitrogens is 5. The molecular formula is C25H23F2N5O. The van der Waals surface area contributed by atoms with E-state index in [1.54, 1.807) is 6.20 Å². The van der Waals surface area contributed by atoms with E-state index in [2.05, 4.69) is 21.3 Å². The molecule has 2 atom stereocenters. The maximum Gasteiger partial charge on any atom is 0.135 e.